The highest BCUT2D eigenvalue weighted by Gasteiger charge is 2.39. The Hall–Kier alpha value is -1.53. The molecule has 0 amide bonds. The second-order valence-electron chi connectivity index (χ2n) is 7.53. The van der Waals surface area contributed by atoms with Gasteiger partial charge in [0.2, 0.25) is 0 Å². The van der Waals surface area contributed by atoms with Crippen LogP contribution < -0.4 is 0 Å². The van der Waals surface area contributed by atoms with Crippen molar-refractivity contribution in [3.8, 4) is 11.8 Å². The molecular formula is C22H32O3. The Morgan fingerprint density at radius 3 is 2.92 bits per heavy atom. The predicted molar refractivity (Wildman–Crippen MR) is 101 cm³/mol. The maximum absolute atomic E-state index is 11.2. The second kappa shape index (κ2) is 9.82. The number of hydrogen-bond acceptors (Lipinski definition) is 3. The largest absolute Gasteiger partial charge is 0.469 e. The lowest BCUT2D eigenvalue weighted by Gasteiger charge is -2.17. The molecule has 0 heterocycles. The third-order valence-electron chi connectivity index (χ3n) is 5.80. The zero-order chi connectivity index (χ0) is 18.2. The minimum absolute atomic E-state index is 0.133. The van der Waals surface area contributed by atoms with Gasteiger partial charge in [-0.15, -0.1) is 11.8 Å². The summed E-state index contributed by atoms with van der Waals surface area (Å²) >= 11 is 0. The van der Waals surface area contributed by atoms with Gasteiger partial charge in [0.1, 0.15) is 0 Å². The van der Waals surface area contributed by atoms with E-state index >= 15 is 0 Å². The molecule has 3 nitrogen and oxygen atoms in total. The first kappa shape index (κ1) is 19.8. The molecule has 25 heavy (non-hydrogen) atoms. The lowest BCUT2D eigenvalue weighted by atomic mass is 9.90. The minimum Gasteiger partial charge on any atom is -0.469 e. The Kier molecular flexibility index (Phi) is 7.78. The highest BCUT2D eigenvalue weighted by atomic mass is 16.5. The van der Waals surface area contributed by atoms with Crippen LogP contribution in [-0.2, 0) is 9.53 Å². The molecule has 0 aromatic carbocycles. The highest BCUT2D eigenvalue weighted by Crippen LogP contribution is 2.50. The maximum Gasteiger partial charge on any atom is 0.305 e. The van der Waals surface area contributed by atoms with Crippen molar-refractivity contribution in [2.75, 3.05) is 7.11 Å². The summed E-state index contributed by atoms with van der Waals surface area (Å²) in [6.07, 6.45) is 12.9. The number of hydrogen-bond donors (Lipinski definition) is 1. The van der Waals surface area contributed by atoms with Crippen molar-refractivity contribution >= 4 is 5.97 Å². The first-order chi connectivity index (χ1) is 12.0. The number of ether oxygens (including phenoxy) is 1. The summed E-state index contributed by atoms with van der Waals surface area (Å²) in [5.74, 6) is 8.05. The van der Waals surface area contributed by atoms with E-state index in [-0.39, 0.29) is 11.9 Å². The highest BCUT2D eigenvalue weighted by molar-refractivity contribution is 5.69. The first-order valence-corrected chi connectivity index (χ1v) is 9.55. The Labute approximate surface area is 152 Å². The summed E-state index contributed by atoms with van der Waals surface area (Å²) in [6, 6.07) is 0. The molecule has 3 heteroatoms. The van der Waals surface area contributed by atoms with Gasteiger partial charge in [0.05, 0.1) is 13.2 Å². The van der Waals surface area contributed by atoms with Crippen LogP contribution >= 0.6 is 0 Å². The molecule has 0 aromatic heterocycles. The monoisotopic (exact) mass is 344 g/mol. The van der Waals surface area contributed by atoms with Crippen molar-refractivity contribution in [1.82, 2.24) is 0 Å². The van der Waals surface area contributed by atoms with Gasteiger partial charge in [-0.25, -0.2) is 0 Å². The second-order valence-corrected chi connectivity index (χ2v) is 7.53. The molecule has 138 valence electrons. The average molecular weight is 344 g/mol. The maximum atomic E-state index is 11.2. The van der Waals surface area contributed by atoms with E-state index in [0.29, 0.717) is 18.3 Å². The van der Waals surface area contributed by atoms with Gasteiger partial charge in [0, 0.05) is 12.8 Å². The van der Waals surface area contributed by atoms with Crippen LogP contribution in [0.2, 0.25) is 0 Å². The van der Waals surface area contributed by atoms with Crippen LogP contribution in [0.1, 0.15) is 58.8 Å². The van der Waals surface area contributed by atoms with Gasteiger partial charge < -0.3 is 9.84 Å². The van der Waals surface area contributed by atoms with Crippen molar-refractivity contribution in [2.45, 2.75) is 64.9 Å². The Balaban J connectivity index is 1.84. The van der Waals surface area contributed by atoms with Crippen molar-refractivity contribution < 1.29 is 14.6 Å². The van der Waals surface area contributed by atoms with Gasteiger partial charge in [-0.3, -0.25) is 4.79 Å². The molecule has 2 fully saturated rings. The molecule has 0 aliphatic heterocycles. The summed E-state index contributed by atoms with van der Waals surface area (Å²) in [5, 5.41) is 10.3. The Morgan fingerprint density at radius 2 is 2.20 bits per heavy atom. The number of carbonyl (C=O) groups excluding carboxylic acids is 1. The summed E-state index contributed by atoms with van der Waals surface area (Å²) in [4.78, 5) is 11.2. The molecule has 5 atom stereocenters. The summed E-state index contributed by atoms with van der Waals surface area (Å²) in [7, 11) is 1.44. The molecule has 0 unspecified atom stereocenters. The van der Waals surface area contributed by atoms with Gasteiger partial charge in [-0.2, -0.15) is 0 Å². The first-order valence-electron chi connectivity index (χ1n) is 9.55. The molecule has 2 saturated carbocycles. The lowest BCUT2D eigenvalue weighted by molar-refractivity contribution is -0.140. The number of aliphatic hydroxyl groups is 1. The number of allylic oxidation sites excluding steroid dienone is 3. The number of esters is 1. The molecule has 0 aromatic rings. The predicted octanol–water partition coefficient (Wildman–Crippen LogP) is 4.27. The van der Waals surface area contributed by atoms with E-state index in [1.54, 1.807) is 0 Å². The number of aliphatic hydroxyl groups excluding tert-OH is 1. The molecule has 0 saturated heterocycles. The van der Waals surface area contributed by atoms with E-state index in [0.717, 1.165) is 25.2 Å². The van der Waals surface area contributed by atoms with Gasteiger partial charge in [-0.1, -0.05) is 30.7 Å². The standard InChI is InChI=1S/C22H32O3/c1-4-5-7-16(2)21(23)13-12-18-10-11-19-14-17(15-20(18)19)8-6-9-22(24)25-3/h8,12-13,16,18-21,23H,6-7,9-11,14-15H2,1-3H3/b13-12+,17-8-/t16-,18+,19+,20+,21+/m0/s1. The van der Waals surface area contributed by atoms with E-state index in [9.17, 15) is 9.90 Å². The Morgan fingerprint density at radius 1 is 1.40 bits per heavy atom. The third kappa shape index (κ3) is 5.75. The van der Waals surface area contributed by atoms with E-state index < -0.39 is 6.10 Å². The zero-order valence-electron chi connectivity index (χ0n) is 15.8. The van der Waals surface area contributed by atoms with Crippen LogP contribution in [0, 0.1) is 35.5 Å². The van der Waals surface area contributed by atoms with Crippen LogP contribution in [0.15, 0.2) is 23.8 Å². The zero-order valence-corrected chi connectivity index (χ0v) is 15.8. The molecule has 0 radical (unpaired) electrons. The molecular weight excluding hydrogens is 312 g/mol. The quantitative estimate of drug-likeness (QED) is 0.426. The van der Waals surface area contributed by atoms with E-state index in [4.69, 9.17) is 4.74 Å². The lowest BCUT2D eigenvalue weighted by Crippen LogP contribution is -2.15. The normalized spacial score (nSPS) is 29.3. The Bertz CT molecular complexity index is 564. The fraction of sp³-hybridized carbons (Fsp3) is 0.682. The molecule has 0 spiro atoms. The van der Waals surface area contributed by atoms with Crippen molar-refractivity contribution in [1.29, 1.82) is 0 Å². The van der Waals surface area contributed by atoms with Crippen LogP contribution in [0.25, 0.3) is 0 Å². The topological polar surface area (TPSA) is 46.5 Å². The summed E-state index contributed by atoms with van der Waals surface area (Å²) in [5.41, 5.74) is 1.50. The number of methoxy groups -OCH3 is 1. The van der Waals surface area contributed by atoms with Crippen LogP contribution in [0.5, 0.6) is 0 Å². The van der Waals surface area contributed by atoms with Gasteiger partial charge in [-0.05, 0) is 62.7 Å². The summed E-state index contributed by atoms with van der Waals surface area (Å²) in [6.45, 7) is 3.89. The number of fused-ring (bicyclic) bond motifs is 1. The SMILES string of the molecule is CC#CC[C@H](C)[C@H](O)/C=C/[C@H]1CC[C@@H]2C/C(=C/CCC(=O)OC)C[C@@H]21. The fourth-order valence-electron chi connectivity index (χ4n) is 4.21. The molecule has 0 bridgehead atoms. The molecule has 1 N–H and O–H groups in total. The minimum atomic E-state index is -0.406. The molecule has 2 rings (SSSR count). The van der Waals surface area contributed by atoms with Crippen molar-refractivity contribution in [2.24, 2.45) is 23.7 Å². The molecule has 2 aliphatic carbocycles. The van der Waals surface area contributed by atoms with E-state index in [2.05, 4.69) is 30.9 Å². The molecule has 2 aliphatic rings. The van der Waals surface area contributed by atoms with Gasteiger partial charge in [0.15, 0.2) is 0 Å². The number of rotatable bonds is 7. The van der Waals surface area contributed by atoms with Gasteiger partial charge >= 0.3 is 5.97 Å². The van der Waals surface area contributed by atoms with Gasteiger partial charge in [0.25, 0.3) is 0 Å². The van der Waals surface area contributed by atoms with E-state index in [1.807, 2.05) is 13.0 Å². The van der Waals surface area contributed by atoms with Crippen LogP contribution in [-0.4, -0.2) is 24.3 Å². The van der Waals surface area contributed by atoms with Crippen LogP contribution in [0.4, 0.5) is 0 Å². The fourth-order valence-corrected chi connectivity index (χ4v) is 4.21. The summed E-state index contributed by atoms with van der Waals surface area (Å²) < 4.78 is 4.70. The average Bonchev–Trinajstić information content (AvgIpc) is 3.17. The number of carbonyl (C=O) groups is 1. The van der Waals surface area contributed by atoms with Crippen molar-refractivity contribution in [3.05, 3.63) is 23.8 Å². The van der Waals surface area contributed by atoms with Crippen LogP contribution in [0.3, 0.4) is 0 Å². The van der Waals surface area contributed by atoms with E-state index in [1.165, 1.54) is 31.9 Å². The van der Waals surface area contributed by atoms with Crippen molar-refractivity contribution in [3.63, 3.8) is 0 Å². The third-order valence-corrected chi connectivity index (χ3v) is 5.80. The smallest absolute Gasteiger partial charge is 0.305 e.